The van der Waals surface area contributed by atoms with Crippen LogP contribution in [0.15, 0.2) is 96.1 Å². The zero-order valence-electron chi connectivity index (χ0n) is 29.2. The zero-order valence-corrected chi connectivity index (χ0v) is 29.2. The van der Waals surface area contributed by atoms with Crippen LogP contribution in [0.1, 0.15) is 83.1 Å². The number of hydrogen-bond donors (Lipinski definition) is 0. The number of benzene rings is 2. The standard InChI is InChI=1S/C40H52F2O3/c1-35(2,3)27-19-21-39(37(7,8)9,44-31-17-13-15-29(41)25-31)33(23-27)43-34-24-28(36(4,5)6)20-22-40(34,38(10,11)12)45-32-18-14-16-30(42)26-32/h13-26,33-34H,1-12H3. The van der Waals surface area contributed by atoms with Gasteiger partial charge in [-0.3, -0.25) is 0 Å². The Balaban J connectivity index is 1.95. The Labute approximate surface area is 270 Å². The van der Waals surface area contributed by atoms with Gasteiger partial charge in [0.1, 0.15) is 35.3 Å². The first-order chi connectivity index (χ1) is 20.6. The molecule has 0 bridgehead atoms. The number of hydrogen-bond acceptors (Lipinski definition) is 3. The van der Waals surface area contributed by atoms with Crippen molar-refractivity contribution in [1.82, 2.24) is 0 Å². The van der Waals surface area contributed by atoms with Crippen molar-refractivity contribution in [2.75, 3.05) is 0 Å². The highest BCUT2D eigenvalue weighted by atomic mass is 19.1. The van der Waals surface area contributed by atoms with Crippen LogP contribution in [0.4, 0.5) is 8.78 Å². The SMILES string of the molecule is CC(C)(C)C1=CC(OC2C=C(C(C)(C)C)C=CC2(Oc2cccc(F)c2)C(C)(C)C)C(Oc2cccc(F)c2)(C(C)(C)C)C=C1. The highest BCUT2D eigenvalue weighted by Gasteiger charge is 2.56. The highest BCUT2D eigenvalue weighted by molar-refractivity contribution is 5.42. The first-order valence-electron chi connectivity index (χ1n) is 16.0. The van der Waals surface area contributed by atoms with Crippen LogP contribution in [0, 0.1) is 33.3 Å². The van der Waals surface area contributed by atoms with E-state index < -0.39 is 34.2 Å². The van der Waals surface area contributed by atoms with Crippen molar-refractivity contribution in [2.45, 2.75) is 106 Å². The van der Waals surface area contributed by atoms with Gasteiger partial charge >= 0.3 is 0 Å². The second-order valence-electron chi connectivity index (χ2n) is 16.6. The Hall–Kier alpha value is -3.18. The van der Waals surface area contributed by atoms with Gasteiger partial charge in [0, 0.05) is 23.0 Å². The summed E-state index contributed by atoms with van der Waals surface area (Å²) in [6, 6.07) is 12.5. The van der Waals surface area contributed by atoms with Crippen LogP contribution in [0.2, 0.25) is 0 Å². The van der Waals surface area contributed by atoms with Crippen molar-refractivity contribution >= 4 is 0 Å². The summed E-state index contributed by atoms with van der Waals surface area (Å²) in [6.45, 7) is 25.7. The predicted octanol–water partition coefficient (Wildman–Crippen LogP) is 10.8. The number of allylic oxidation sites excluding steroid dienone is 4. The summed E-state index contributed by atoms with van der Waals surface area (Å²) >= 11 is 0. The lowest BCUT2D eigenvalue weighted by atomic mass is 9.66. The third kappa shape index (κ3) is 7.14. The van der Waals surface area contributed by atoms with Crippen molar-refractivity contribution in [2.24, 2.45) is 21.7 Å². The molecule has 0 saturated carbocycles. The van der Waals surface area contributed by atoms with E-state index in [1.165, 1.54) is 24.3 Å². The monoisotopic (exact) mass is 618 g/mol. The summed E-state index contributed by atoms with van der Waals surface area (Å²) in [5.41, 5.74) is -1.14. The molecule has 0 fully saturated rings. The average molecular weight is 619 g/mol. The molecule has 45 heavy (non-hydrogen) atoms. The minimum atomic E-state index is -1.02. The third-order valence-electron chi connectivity index (χ3n) is 9.06. The molecule has 2 aromatic rings. The number of rotatable bonds is 6. The van der Waals surface area contributed by atoms with Crippen LogP contribution in [-0.2, 0) is 4.74 Å². The van der Waals surface area contributed by atoms with E-state index in [0.29, 0.717) is 11.5 Å². The molecule has 0 saturated heterocycles. The fourth-order valence-corrected chi connectivity index (χ4v) is 6.04. The summed E-state index contributed by atoms with van der Waals surface area (Å²) in [5, 5.41) is 0. The van der Waals surface area contributed by atoms with Gasteiger partial charge in [0.05, 0.1) is 0 Å². The minimum absolute atomic E-state index is 0.168. The lowest BCUT2D eigenvalue weighted by Gasteiger charge is -2.53. The molecule has 0 N–H and O–H groups in total. The first-order valence-corrected chi connectivity index (χ1v) is 16.0. The van der Waals surface area contributed by atoms with Gasteiger partial charge in [-0.25, -0.2) is 8.78 Å². The summed E-state index contributed by atoms with van der Waals surface area (Å²) in [5.74, 6) is 0.0991. The smallest absolute Gasteiger partial charge is 0.162 e. The van der Waals surface area contributed by atoms with E-state index in [4.69, 9.17) is 14.2 Å². The average Bonchev–Trinajstić information content (AvgIpc) is 2.88. The van der Waals surface area contributed by atoms with Crippen molar-refractivity contribution in [3.05, 3.63) is 108 Å². The quantitative estimate of drug-likeness (QED) is 0.322. The second-order valence-corrected chi connectivity index (χ2v) is 16.6. The molecule has 5 heteroatoms. The molecule has 0 radical (unpaired) electrons. The van der Waals surface area contributed by atoms with Gasteiger partial charge < -0.3 is 14.2 Å². The predicted molar refractivity (Wildman–Crippen MR) is 180 cm³/mol. The van der Waals surface area contributed by atoms with Crippen LogP contribution in [-0.4, -0.2) is 23.4 Å². The largest absolute Gasteiger partial charge is 0.479 e. The van der Waals surface area contributed by atoms with Gasteiger partial charge in [0.2, 0.25) is 0 Å². The van der Waals surface area contributed by atoms with Crippen molar-refractivity contribution in [1.29, 1.82) is 0 Å². The molecule has 0 heterocycles. The van der Waals surface area contributed by atoms with Crippen LogP contribution in [0.3, 0.4) is 0 Å². The maximum absolute atomic E-state index is 14.5. The molecule has 0 spiro atoms. The Morgan fingerprint density at radius 1 is 0.556 bits per heavy atom. The molecule has 2 aliphatic carbocycles. The van der Waals surface area contributed by atoms with E-state index >= 15 is 0 Å². The molecular weight excluding hydrogens is 566 g/mol. The molecule has 2 aromatic carbocycles. The van der Waals surface area contributed by atoms with Crippen LogP contribution in [0.25, 0.3) is 0 Å². The maximum Gasteiger partial charge on any atom is 0.162 e. The summed E-state index contributed by atoms with van der Waals surface area (Å²) in [4.78, 5) is 0. The summed E-state index contributed by atoms with van der Waals surface area (Å²) in [6.07, 6.45) is 11.5. The lowest BCUT2D eigenvalue weighted by Crippen LogP contribution is -2.62. The van der Waals surface area contributed by atoms with E-state index in [0.717, 1.165) is 11.1 Å². The van der Waals surface area contributed by atoms with E-state index in [1.807, 2.05) is 0 Å². The molecule has 244 valence electrons. The number of ether oxygens (including phenoxy) is 3. The molecular formula is C40H52F2O3. The third-order valence-corrected chi connectivity index (χ3v) is 9.06. The Bertz CT molecular complexity index is 1390. The maximum atomic E-state index is 14.5. The van der Waals surface area contributed by atoms with Gasteiger partial charge in [-0.1, -0.05) is 107 Å². The Kier molecular flexibility index (Phi) is 9.16. The van der Waals surface area contributed by atoms with Gasteiger partial charge in [-0.05, 0) is 70.5 Å². The number of halogens is 2. The van der Waals surface area contributed by atoms with Gasteiger partial charge in [0.15, 0.2) is 11.2 Å². The van der Waals surface area contributed by atoms with Crippen LogP contribution >= 0.6 is 0 Å². The zero-order chi connectivity index (χ0) is 33.6. The lowest BCUT2D eigenvalue weighted by molar-refractivity contribution is -0.164. The Morgan fingerprint density at radius 3 is 1.20 bits per heavy atom. The van der Waals surface area contributed by atoms with Crippen molar-refractivity contribution in [3.63, 3.8) is 0 Å². The van der Waals surface area contributed by atoms with Crippen LogP contribution < -0.4 is 9.47 Å². The molecule has 4 atom stereocenters. The van der Waals surface area contributed by atoms with Gasteiger partial charge in [-0.15, -0.1) is 0 Å². The van der Waals surface area contributed by atoms with E-state index in [9.17, 15) is 8.78 Å². The summed E-state index contributed by atoms with van der Waals surface area (Å²) in [7, 11) is 0. The molecule has 4 rings (SSSR count). The minimum Gasteiger partial charge on any atom is -0.479 e. The van der Waals surface area contributed by atoms with E-state index in [1.54, 1.807) is 24.3 Å². The second kappa shape index (κ2) is 11.9. The Morgan fingerprint density at radius 2 is 0.911 bits per heavy atom. The molecule has 0 aromatic heterocycles. The van der Waals surface area contributed by atoms with Crippen LogP contribution in [0.5, 0.6) is 11.5 Å². The van der Waals surface area contributed by atoms with Crippen molar-refractivity contribution < 1.29 is 23.0 Å². The van der Waals surface area contributed by atoms with Gasteiger partial charge in [-0.2, -0.15) is 0 Å². The molecule has 2 aliphatic rings. The topological polar surface area (TPSA) is 27.7 Å². The molecule has 3 nitrogen and oxygen atoms in total. The molecule has 0 amide bonds. The summed E-state index contributed by atoms with van der Waals surface area (Å²) < 4.78 is 50.0. The normalized spacial score (nSPS) is 25.9. The highest BCUT2D eigenvalue weighted by Crippen LogP contribution is 2.50. The fraction of sp³-hybridized carbons (Fsp3) is 0.500. The van der Waals surface area contributed by atoms with E-state index in [2.05, 4.69) is 120 Å². The van der Waals surface area contributed by atoms with Crippen molar-refractivity contribution in [3.8, 4) is 11.5 Å². The molecule has 0 aliphatic heterocycles. The van der Waals surface area contributed by atoms with Gasteiger partial charge in [0.25, 0.3) is 0 Å². The molecule has 4 unspecified atom stereocenters. The fourth-order valence-electron chi connectivity index (χ4n) is 6.04. The first kappa shape index (κ1) is 34.7. The van der Waals surface area contributed by atoms with E-state index in [-0.39, 0.29) is 22.5 Å².